The van der Waals surface area contributed by atoms with Crippen molar-refractivity contribution in [3.63, 3.8) is 0 Å². The predicted molar refractivity (Wildman–Crippen MR) is 88.5 cm³/mol. The van der Waals surface area contributed by atoms with Crippen LogP contribution in [0.2, 0.25) is 0 Å². The van der Waals surface area contributed by atoms with Gasteiger partial charge >= 0.3 is 6.09 Å². The number of nitrogens with two attached hydrogens (primary N) is 1. The maximum atomic E-state index is 12.3. The second kappa shape index (κ2) is 5.58. The van der Waals surface area contributed by atoms with Gasteiger partial charge in [0.2, 0.25) is 0 Å². The molecule has 22 heavy (non-hydrogen) atoms. The number of amides is 1. The fraction of sp³-hybridized carbons (Fsp3) is 0.611. The second-order valence-corrected chi connectivity index (χ2v) is 7.87. The first kappa shape index (κ1) is 16.8. The zero-order valence-electron chi connectivity index (χ0n) is 14.3. The summed E-state index contributed by atoms with van der Waals surface area (Å²) in [4.78, 5) is 12.3. The maximum Gasteiger partial charge on any atom is 0.408 e. The molecule has 0 spiro atoms. The average molecular weight is 304 g/mol. The number of rotatable bonds is 4. The minimum Gasteiger partial charge on any atom is -0.444 e. The van der Waals surface area contributed by atoms with E-state index in [9.17, 15) is 4.79 Å². The van der Waals surface area contributed by atoms with Gasteiger partial charge in [-0.25, -0.2) is 4.79 Å². The Labute approximate surface area is 133 Å². The number of ether oxygens (including phenoxy) is 1. The molecule has 0 aromatic heterocycles. The van der Waals surface area contributed by atoms with Gasteiger partial charge in [-0.2, -0.15) is 0 Å². The number of nitrogens with one attached hydrogen (secondary N) is 1. The lowest BCUT2D eigenvalue weighted by Gasteiger charge is -2.38. The molecule has 1 atom stereocenters. The third kappa shape index (κ3) is 3.61. The van der Waals surface area contributed by atoms with Crippen LogP contribution in [-0.4, -0.2) is 17.2 Å². The van der Waals surface area contributed by atoms with Crippen molar-refractivity contribution in [1.29, 1.82) is 0 Å². The summed E-state index contributed by atoms with van der Waals surface area (Å²) in [7, 11) is 0. The summed E-state index contributed by atoms with van der Waals surface area (Å²) in [5.74, 6) is 0. The quantitative estimate of drug-likeness (QED) is 0.890. The zero-order valence-corrected chi connectivity index (χ0v) is 14.3. The van der Waals surface area contributed by atoms with E-state index >= 15 is 0 Å². The van der Waals surface area contributed by atoms with Crippen molar-refractivity contribution in [3.8, 4) is 0 Å². The number of hydrogen-bond donors (Lipinski definition) is 2. The molecule has 1 aromatic rings. The molecule has 0 saturated heterocycles. The Morgan fingerprint density at radius 2 is 1.73 bits per heavy atom. The molecule has 122 valence electrons. The summed E-state index contributed by atoms with van der Waals surface area (Å²) < 4.78 is 5.43. The molecule has 0 bridgehead atoms. The van der Waals surface area contributed by atoms with Crippen LogP contribution in [0.1, 0.15) is 59.1 Å². The molecule has 0 heterocycles. The first-order valence-electron chi connectivity index (χ1n) is 7.88. The Bertz CT molecular complexity index is 522. The Hall–Kier alpha value is -1.55. The van der Waals surface area contributed by atoms with Crippen molar-refractivity contribution in [2.24, 2.45) is 11.1 Å². The van der Waals surface area contributed by atoms with Crippen LogP contribution in [0.3, 0.4) is 0 Å². The van der Waals surface area contributed by atoms with E-state index in [4.69, 9.17) is 10.5 Å². The first-order chi connectivity index (χ1) is 10.1. The number of benzene rings is 1. The summed E-state index contributed by atoms with van der Waals surface area (Å²) >= 11 is 0. The lowest BCUT2D eigenvalue weighted by molar-refractivity contribution is 0.0457. The lowest BCUT2D eigenvalue weighted by atomic mass is 9.76. The van der Waals surface area contributed by atoms with E-state index in [1.165, 1.54) is 0 Å². The van der Waals surface area contributed by atoms with Crippen LogP contribution in [0.4, 0.5) is 4.79 Å². The van der Waals surface area contributed by atoms with Crippen LogP contribution < -0.4 is 11.1 Å². The van der Waals surface area contributed by atoms with E-state index in [-0.39, 0.29) is 17.0 Å². The van der Waals surface area contributed by atoms with E-state index in [0.29, 0.717) is 0 Å². The van der Waals surface area contributed by atoms with Gasteiger partial charge in [-0.05, 0) is 53.0 Å². The van der Waals surface area contributed by atoms with Gasteiger partial charge in [0.15, 0.2) is 0 Å². The molecule has 0 aliphatic heterocycles. The monoisotopic (exact) mass is 304 g/mol. The molecule has 1 aliphatic carbocycles. The van der Waals surface area contributed by atoms with Gasteiger partial charge in [0.25, 0.3) is 0 Å². The fourth-order valence-corrected chi connectivity index (χ4v) is 3.05. The average Bonchev–Trinajstić information content (AvgIpc) is 3.15. The Kier molecular flexibility index (Phi) is 4.26. The molecule has 2 rings (SSSR count). The standard InChI is InChI=1S/C18H28N2O2/c1-16(2,3)22-15(21)20-14(13-9-7-6-8-10-13)18(11-12-18)17(4,5)19/h6-10,14H,11-12,19H2,1-5H3,(H,20,21). The molecule has 1 aliphatic rings. The molecule has 4 heteroatoms. The van der Waals surface area contributed by atoms with Crippen LogP contribution in [0.5, 0.6) is 0 Å². The van der Waals surface area contributed by atoms with E-state index < -0.39 is 11.7 Å². The van der Waals surface area contributed by atoms with Crippen molar-refractivity contribution in [1.82, 2.24) is 5.32 Å². The van der Waals surface area contributed by atoms with E-state index in [1.54, 1.807) is 0 Å². The second-order valence-electron chi connectivity index (χ2n) is 7.87. The van der Waals surface area contributed by atoms with Crippen LogP contribution in [0.15, 0.2) is 30.3 Å². The number of carbonyl (C=O) groups excluding carboxylic acids is 1. The van der Waals surface area contributed by atoms with Crippen molar-refractivity contribution < 1.29 is 9.53 Å². The summed E-state index contributed by atoms with van der Waals surface area (Å²) in [5.41, 5.74) is 6.49. The first-order valence-corrected chi connectivity index (χ1v) is 7.88. The third-order valence-corrected chi connectivity index (χ3v) is 4.42. The minimum absolute atomic E-state index is 0.120. The summed E-state index contributed by atoms with van der Waals surface area (Å²) in [5, 5.41) is 3.06. The maximum absolute atomic E-state index is 12.3. The molecule has 3 N–H and O–H groups in total. The van der Waals surface area contributed by atoms with Gasteiger partial charge in [-0.15, -0.1) is 0 Å². The van der Waals surface area contributed by atoms with Gasteiger partial charge in [-0.3, -0.25) is 0 Å². The highest BCUT2D eigenvalue weighted by Gasteiger charge is 2.58. The van der Waals surface area contributed by atoms with E-state index in [0.717, 1.165) is 18.4 Å². The number of hydrogen-bond acceptors (Lipinski definition) is 3. The van der Waals surface area contributed by atoms with Crippen LogP contribution in [-0.2, 0) is 4.74 Å². The zero-order chi connectivity index (χ0) is 16.6. The number of carbonyl (C=O) groups is 1. The molecule has 1 unspecified atom stereocenters. The molecule has 1 saturated carbocycles. The molecular formula is C18H28N2O2. The molecule has 1 aromatic carbocycles. The van der Waals surface area contributed by atoms with Gasteiger partial charge < -0.3 is 15.8 Å². The van der Waals surface area contributed by atoms with Crippen LogP contribution in [0, 0.1) is 5.41 Å². The smallest absolute Gasteiger partial charge is 0.408 e. The van der Waals surface area contributed by atoms with Gasteiger partial charge in [0.05, 0.1) is 6.04 Å². The molecule has 4 nitrogen and oxygen atoms in total. The highest BCUT2D eigenvalue weighted by atomic mass is 16.6. The lowest BCUT2D eigenvalue weighted by Crippen LogP contribution is -2.50. The Morgan fingerprint density at radius 3 is 2.14 bits per heavy atom. The largest absolute Gasteiger partial charge is 0.444 e. The van der Waals surface area contributed by atoms with Gasteiger partial charge in [-0.1, -0.05) is 30.3 Å². The van der Waals surface area contributed by atoms with Crippen molar-refractivity contribution in [2.75, 3.05) is 0 Å². The Morgan fingerprint density at radius 1 is 1.18 bits per heavy atom. The highest BCUT2D eigenvalue weighted by Crippen LogP contribution is 2.60. The van der Waals surface area contributed by atoms with Crippen molar-refractivity contribution in [2.45, 2.75) is 64.6 Å². The third-order valence-electron chi connectivity index (χ3n) is 4.42. The fourth-order valence-electron chi connectivity index (χ4n) is 3.05. The van der Waals surface area contributed by atoms with E-state index in [2.05, 4.69) is 5.32 Å². The molecule has 1 amide bonds. The van der Waals surface area contributed by atoms with Gasteiger partial charge in [0.1, 0.15) is 5.60 Å². The van der Waals surface area contributed by atoms with Crippen molar-refractivity contribution in [3.05, 3.63) is 35.9 Å². The summed E-state index contributed by atoms with van der Waals surface area (Å²) in [6.45, 7) is 9.66. The van der Waals surface area contributed by atoms with Crippen molar-refractivity contribution >= 4 is 6.09 Å². The predicted octanol–water partition coefficient (Wildman–Crippen LogP) is 3.77. The highest BCUT2D eigenvalue weighted by molar-refractivity contribution is 5.68. The topological polar surface area (TPSA) is 64.3 Å². The molecule has 1 fully saturated rings. The Balaban J connectivity index is 2.27. The minimum atomic E-state index is -0.514. The molecular weight excluding hydrogens is 276 g/mol. The number of alkyl carbamates (subject to hydrolysis) is 1. The van der Waals surface area contributed by atoms with E-state index in [1.807, 2.05) is 65.0 Å². The summed E-state index contributed by atoms with van der Waals surface area (Å²) in [6, 6.07) is 9.88. The normalized spacial score (nSPS) is 18.5. The summed E-state index contributed by atoms with van der Waals surface area (Å²) in [6.07, 6.45) is 1.62. The van der Waals surface area contributed by atoms with Crippen LogP contribution >= 0.6 is 0 Å². The molecule has 0 radical (unpaired) electrons. The van der Waals surface area contributed by atoms with Gasteiger partial charge in [0, 0.05) is 11.0 Å². The van der Waals surface area contributed by atoms with Crippen LogP contribution in [0.25, 0.3) is 0 Å². The SMILES string of the molecule is CC(C)(C)OC(=O)NC(c1ccccc1)C1(C(C)(C)N)CC1.